The number of anilines is 1. The van der Waals surface area contributed by atoms with Gasteiger partial charge in [0.15, 0.2) is 0 Å². The molecule has 1 heterocycles. The molecule has 19 heavy (non-hydrogen) atoms. The van der Waals surface area contributed by atoms with Gasteiger partial charge in [0.05, 0.1) is 5.69 Å². The maximum atomic E-state index is 12.7. The van der Waals surface area contributed by atoms with Crippen molar-refractivity contribution in [2.24, 2.45) is 0 Å². The minimum atomic E-state index is -3.42. The van der Waals surface area contributed by atoms with E-state index in [4.69, 9.17) is 0 Å². The molecule has 106 valence electrons. The lowest BCUT2D eigenvalue weighted by Crippen LogP contribution is -2.45. The summed E-state index contributed by atoms with van der Waals surface area (Å²) in [6.07, 6.45) is 0.853. The summed E-state index contributed by atoms with van der Waals surface area (Å²) in [4.78, 5) is 0. The highest BCUT2D eigenvalue weighted by Crippen LogP contribution is 2.20. The number of rotatable bonds is 4. The van der Waals surface area contributed by atoms with Crippen molar-refractivity contribution >= 4 is 15.9 Å². The molecule has 1 aliphatic rings. The van der Waals surface area contributed by atoms with Gasteiger partial charge in [-0.3, -0.25) is 4.31 Å². The zero-order chi connectivity index (χ0) is 13.7. The molecule has 0 aromatic heterocycles. The van der Waals surface area contributed by atoms with E-state index >= 15 is 0 Å². The van der Waals surface area contributed by atoms with Crippen LogP contribution in [-0.2, 0) is 10.2 Å². The molecular formula is C13H21N3O2S. The van der Waals surface area contributed by atoms with Crippen LogP contribution in [0.5, 0.6) is 0 Å². The van der Waals surface area contributed by atoms with E-state index in [0.717, 1.165) is 18.7 Å². The monoisotopic (exact) mass is 283 g/mol. The number of hydrogen-bond acceptors (Lipinski definition) is 3. The van der Waals surface area contributed by atoms with Gasteiger partial charge in [0.2, 0.25) is 0 Å². The smallest absolute Gasteiger partial charge is 0.304 e. The number of benzene rings is 1. The summed E-state index contributed by atoms with van der Waals surface area (Å²) < 4.78 is 28.4. The molecule has 1 aromatic carbocycles. The molecule has 5 nitrogen and oxygen atoms in total. The third-order valence-corrected chi connectivity index (χ3v) is 5.28. The second-order valence-corrected chi connectivity index (χ2v) is 6.36. The van der Waals surface area contributed by atoms with Crippen LogP contribution in [0.15, 0.2) is 30.3 Å². The third-order valence-electron chi connectivity index (χ3n) is 3.24. The van der Waals surface area contributed by atoms with E-state index in [-0.39, 0.29) is 0 Å². The lowest BCUT2D eigenvalue weighted by molar-refractivity contribution is 0.429. The van der Waals surface area contributed by atoms with Crippen molar-refractivity contribution in [1.82, 2.24) is 9.62 Å². The molecule has 0 amide bonds. The highest BCUT2D eigenvalue weighted by molar-refractivity contribution is 7.90. The van der Waals surface area contributed by atoms with Gasteiger partial charge in [-0.25, -0.2) is 0 Å². The first-order valence-electron chi connectivity index (χ1n) is 6.70. The topological polar surface area (TPSA) is 52.7 Å². The molecule has 0 spiro atoms. The van der Waals surface area contributed by atoms with Crippen molar-refractivity contribution in [3.8, 4) is 0 Å². The van der Waals surface area contributed by atoms with Crippen molar-refractivity contribution in [1.29, 1.82) is 0 Å². The number of hydrogen-bond donors (Lipinski definition) is 1. The van der Waals surface area contributed by atoms with E-state index in [9.17, 15) is 8.42 Å². The van der Waals surface area contributed by atoms with Gasteiger partial charge in [0, 0.05) is 26.2 Å². The number of para-hydroxylation sites is 1. The van der Waals surface area contributed by atoms with Crippen molar-refractivity contribution in [3.63, 3.8) is 0 Å². The Morgan fingerprint density at radius 2 is 1.95 bits per heavy atom. The Hall–Kier alpha value is -1.11. The fourth-order valence-corrected chi connectivity index (χ4v) is 3.94. The first-order valence-corrected chi connectivity index (χ1v) is 8.09. The van der Waals surface area contributed by atoms with E-state index in [0.29, 0.717) is 26.2 Å². The molecule has 0 radical (unpaired) electrons. The third kappa shape index (κ3) is 3.26. The van der Waals surface area contributed by atoms with Crippen LogP contribution in [0.3, 0.4) is 0 Å². The van der Waals surface area contributed by atoms with Gasteiger partial charge in [0.1, 0.15) is 0 Å². The lowest BCUT2D eigenvalue weighted by atomic mass is 10.3. The van der Waals surface area contributed by atoms with E-state index in [1.54, 1.807) is 4.31 Å². The Balaban J connectivity index is 2.25. The summed E-state index contributed by atoms with van der Waals surface area (Å²) in [5, 5.41) is 3.22. The van der Waals surface area contributed by atoms with E-state index < -0.39 is 10.2 Å². The van der Waals surface area contributed by atoms with Crippen LogP contribution < -0.4 is 9.62 Å². The summed E-state index contributed by atoms with van der Waals surface area (Å²) in [7, 11) is -3.42. The molecule has 0 saturated carbocycles. The van der Waals surface area contributed by atoms with Gasteiger partial charge >= 0.3 is 10.2 Å². The first-order chi connectivity index (χ1) is 9.16. The van der Waals surface area contributed by atoms with Gasteiger partial charge < -0.3 is 5.32 Å². The Labute approximate surface area is 115 Å². The summed E-state index contributed by atoms with van der Waals surface area (Å²) in [6, 6.07) is 9.27. The molecule has 2 rings (SSSR count). The van der Waals surface area contributed by atoms with Gasteiger partial charge in [0.25, 0.3) is 0 Å². The molecule has 6 heteroatoms. The summed E-state index contributed by atoms with van der Waals surface area (Å²) in [6.45, 7) is 5.01. The van der Waals surface area contributed by atoms with Gasteiger partial charge in [-0.2, -0.15) is 12.7 Å². The van der Waals surface area contributed by atoms with Gasteiger partial charge in [-0.15, -0.1) is 0 Å². The van der Waals surface area contributed by atoms with E-state index in [2.05, 4.69) is 5.32 Å². The molecule has 1 aliphatic heterocycles. The Bertz CT molecular complexity index is 482. The van der Waals surface area contributed by atoms with Crippen molar-refractivity contribution in [3.05, 3.63) is 30.3 Å². The van der Waals surface area contributed by atoms with Crippen LogP contribution in [0.1, 0.15) is 13.3 Å². The molecule has 1 aromatic rings. The lowest BCUT2D eigenvalue weighted by Gasteiger charge is -2.29. The second-order valence-electron chi connectivity index (χ2n) is 4.51. The molecule has 0 atom stereocenters. The maximum absolute atomic E-state index is 12.7. The molecular weight excluding hydrogens is 262 g/mol. The minimum absolute atomic E-state index is 0.441. The Kier molecular flexibility index (Phi) is 4.79. The van der Waals surface area contributed by atoms with Crippen LogP contribution >= 0.6 is 0 Å². The van der Waals surface area contributed by atoms with E-state index in [1.807, 2.05) is 37.3 Å². The molecule has 0 aliphatic carbocycles. The van der Waals surface area contributed by atoms with Gasteiger partial charge in [-0.1, -0.05) is 18.2 Å². The molecule has 1 fully saturated rings. The van der Waals surface area contributed by atoms with Crippen molar-refractivity contribution < 1.29 is 8.42 Å². The van der Waals surface area contributed by atoms with Crippen molar-refractivity contribution in [2.45, 2.75) is 13.3 Å². The van der Waals surface area contributed by atoms with Crippen LogP contribution in [0.25, 0.3) is 0 Å². The predicted octanol–water partition coefficient (Wildman–Crippen LogP) is 1.05. The fourth-order valence-electron chi connectivity index (χ4n) is 2.26. The van der Waals surface area contributed by atoms with Crippen molar-refractivity contribution in [2.75, 3.05) is 37.0 Å². The Morgan fingerprint density at radius 1 is 1.21 bits per heavy atom. The van der Waals surface area contributed by atoms with Crippen LogP contribution in [-0.4, -0.2) is 45.4 Å². The Morgan fingerprint density at radius 3 is 2.63 bits per heavy atom. The summed E-state index contributed by atoms with van der Waals surface area (Å²) >= 11 is 0. The molecule has 0 bridgehead atoms. The van der Waals surface area contributed by atoms with Crippen LogP contribution in [0.4, 0.5) is 5.69 Å². The van der Waals surface area contributed by atoms with Crippen LogP contribution in [0.2, 0.25) is 0 Å². The molecule has 1 saturated heterocycles. The predicted molar refractivity (Wildman–Crippen MR) is 77.4 cm³/mol. The fraction of sp³-hybridized carbons (Fsp3) is 0.538. The van der Waals surface area contributed by atoms with Gasteiger partial charge in [-0.05, 0) is 32.0 Å². The number of nitrogens with one attached hydrogen (secondary N) is 1. The SMILES string of the molecule is CCN(c1ccccc1)S(=O)(=O)N1CCCNCC1. The maximum Gasteiger partial charge on any atom is 0.304 e. The standard InChI is InChI=1S/C13H21N3O2S/c1-2-16(13-7-4-3-5-8-13)19(17,18)15-11-6-9-14-10-12-15/h3-5,7-8,14H,2,6,9-12H2,1H3. The van der Waals surface area contributed by atoms with Crippen LogP contribution in [0, 0.1) is 0 Å². The average Bonchev–Trinajstić information content (AvgIpc) is 2.70. The number of nitrogens with zero attached hydrogens (tertiary/aromatic N) is 2. The summed E-state index contributed by atoms with van der Waals surface area (Å²) in [5.41, 5.74) is 0.724. The largest absolute Gasteiger partial charge is 0.315 e. The average molecular weight is 283 g/mol. The molecule has 1 N–H and O–H groups in total. The first kappa shape index (κ1) is 14.3. The zero-order valence-corrected chi connectivity index (χ0v) is 12.1. The second kappa shape index (κ2) is 6.36. The highest BCUT2D eigenvalue weighted by Gasteiger charge is 2.29. The minimum Gasteiger partial charge on any atom is -0.315 e. The zero-order valence-electron chi connectivity index (χ0n) is 11.2. The normalized spacial score (nSPS) is 17.9. The summed E-state index contributed by atoms with van der Waals surface area (Å²) in [5.74, 6) is 0. The molecule has 0 unspecified atom stereocenters. The van der Waals surface area contributed by atoms with E-state index in [1.165, 1.54) is 4.31 Å². The quantitative estimate of drug-likeness (QED) is 0.899. The highest BCUT2D eigenvalue weighted by atomic mass is 32.2.